The first-order valence-corrected chi connectivity index (χ1v) is 14.3. The van der Waals surface area contributed by atoms with Gasteiger partial charge in [0.05, 0.1) is 0 Å². The lowest BCUT2D eigenvalue weighted by molar-refractivity contribution is -0.142. The molecule has 43 heavy (non-hydrogen) atoms. The number of carboxylic acids is 1. The maximum atomic E-state index is 13.1. The van der Waals surface area contributed by atoms with Gasteiger partial charge in [-0.05, 0) is 61.4 Å². The van der Waals surface area contributed by atoms with Gasteiger partial charge >= 0.3 is 12.1 Å². The van der Waals surface area contributed by atoms with E-state index in [0.717, 1.165) is 5.56 Å². The molecule has 5 N–H and O–H groups in total. The first kappa shape index (κ1) is 32.9. The number of hydrogen-bond donors (Lipinski definition) is 4. The summed E-state index contributed by atoms with van der Waals surface area (Å²) in [6.07, 6.45) is 0.681. The Bertz CT molecular complexity index is 1290. The Morgan fingerprint density at radius 2 is 1.63 bits per heavy atom. The minimum absolute atomic E-state index is 0.0331. The Morgan fingerprint density at radius 3 is 2.21 bits per heavy atom. The molecule has 0 radical (unpaired) electrons. The fourth-order valence-corrected chi connectivity index (χ4v) is 4.71. The van der Waals surface area contributed by atoms with E-state index >= 15 is 0 Å². The van der Waals surface area contributed by atoms with Crippen LogP contribution in [0.5, 0.6) is 11.5 Å². The first-order valence-electron chi connectivity index (χ1n) is 14.3. The second-order valence-corrected chi connectivity index (χ2v) is 11.1. The van der Waals surface area contributed by atoms with Gasteiger partial charge in [0.25, 0.3) is 5.91 Å². The lowest BCUT2D eigenvalue weighted by atomic mass is 9.97. The van der Waals surface area contributed by atoms with E-state index in [1.54, 1.807) is 36.4 Å². The number of amides is 4. The lowest BCUT2D eigenvalue weighted by Gasteiger charge is -2.29. The van der Waals surface area contributed by atoms with Crippen LogP contribution in [-0.4, -0.2) is 71.6 Å². The van der Waals surface area contributed by atoms with Crippen LogP contribution in [0.15, 0.2) is 48.5 Å². The number of hydrogen-bond acceptors (Lipinski definition) is 7. The molecule has 0 bridgehead atoms. The van der Waals surface area contributed by atoms with Crippen molar-refractivity contribution < 1.29 is 38.6 Å². The van der Waals surface area contributed by atoms with Crippen LogP contribution >= 0.6 is 0 Å². The number of rotatable bonds is 13. The number of likely N-dealkylation sites (tertiary alicyclic amines) is 1. The summed E-state index contributed by atoms with van der Waals surface area (Å²) in [6, 6.07) is 11.3. The van der Waals surface area contributed by atoms with Gasteiger partial charge in [-0.25, -0.2) is 9.59 Å². The number of nitrogens with two attached hydrogens (primary N) is 1. The van der Waals surface area contributed by atoms with E-state index in [2.05, 4.69) is 10.6 Å². The average Bonchev–Trinajstić information content (AvgIpc) is 2.96. The van der Waals surface area contributed by atoms with Gasteiger partial charge in [0.15, 0.2) is 6.61 Å². The zero-order valence-corrected chi connectivity index (χ0v) is 24.7. The molecule has 0 aliphatic carbocycles. The number of carboxylic acid groups (broad SMARTS) is 1. The van der Waals surface area contributed by atoms with Gasteiger partial charge in [0.2, 0.25) is 11.8 Å². The topological polar surface area (TPSA) is 177 Å². The molecule has 1 unspecified atom stereocenters. The summed E-state index contributed by atoms with van der Waals surface area (Å²) in [6.45, 7) is 6.07. The number of primary amides is 1. The predicted molar refractivity (Wildman–Crippen MR) is 157 cm³/mol. The maximum Gasteiger partial charge on any atom is 0.415 e. The molecule has 12 heteroatoms. The number of carbonyl (C=O) groups is 5. The lowest BCUT2D eigenvalue weighted by Crippen LogP contribution is -2.53. The molecule has 232 valence electrons. The van der Waals surface area contributed by atoms with Crippen LogP contribution in [-0.2, 0) is 25.6 Å². The molecule has 1 aliphatic rings. The van der Waals surface area contributed by atoms with Gasteiger partial charge in [-0.2, -0.15) is 0 Å². The van der Waals surface area contributed by atoms with Crippen LogP contribution in [0.3, 0.4) is 0 Å². The van der Waals surface area contributed by atoms with Gasteiger partial charge in [-0.1, -0.05) is 44.2 Å². The third-order valence-electron chi connectivity index (χ3n) is 7.15. The van der Waals surface area contributed by atoms with Crippen LogP contribution in [0.25, 0.3) is 0 Å². The van der Waals surface area contributed by atoms with Gasteiger partial charge in [0, 0.05) is 25.4 Å². The van der Waals surface area contributed by atoms with Crippen molar-refractivity contribution in [2.75, 3.05) is 19.7 Å². The number of carbonyl (C=O) groups excluding carboxylic acids is 4. The third kappa shape index (κ3) is 10.3. The SMILES string of the molecule is Cc1ccccc1OCC(=O)N[C@@H](CC(C)C)C(=O)NC(Cc1ccc(OC(=O)N2CCC(C(N)=O)CC2)cc1)C(=O)O. The standard InChI is InChI=1S/C31H40N4O8/c1-19(2)16-24(33-27(36)18-42-26-7-5-4-6-20(26)3)29(38)34-25(30(39)40)17-21-8-10-23(11-9-21)43-31(41)35-14-12-22(13-15-35)28(32)37/h4-11,19,22,24-25H,12-18H2,1-3H3,(H2,32,37)(H,33,36)(H,34,38)(H,39,40)/t24-,25?/m0/s1. The van der Waals surface area contributed by atoms with Gasteiger partial charge < -0.3 is 35.8 Å². The van der Waals surface area contributed by atoms with Crippen molar-refractivity contribution in [3.05, 3.63) is 59.7 Å². The highest BCUT2D eigenvalue weighted by atomic mass is 16.6. The molecule has 0 spiro atoms. The summed E-state index contributed by atoms with van der Waals surface area (Å²) in [5.74, 6) is -2.10. The summed E-state index contributed by atoms with van der Waals surface area (Å²) in [4.78, 5) is 63.1. The predicted octanol–water partition coefficient (Wildman–Crippen LogP) is 2.41. The van der Waals surface area contributed by atoms with Crippen molar-refractivity contribution >= 4 is 29.8 Å². The Hall–Kier alpha value is -4.61. The third-order valence-corrected chi connectivity index (χ3v) is 7.15. The molecular formula is C31H40N4O8. The quantitative estimate of drug-likeness (QED) is 0.272. The van der Waals surface area contributed by atoms with Crippen molar-refractivity contribution in [3.63, 3.8) is 0 Å². The second-order valence-electron chi connectivity index (χ2n) is 11.1. The highest BCUT2D eigenvalue weighted by molar-refractivity contribution is 5.90. The number of benzene rings is 2. The summed E-state index contributed by atoms with van der Waals surface area (Å²) in [7, 11) is 0. The van der Waals surface area contributed by atoms with Gasteiger partial charge in [0.1, 0.15) is 23.6 Å². The van der Waals surface area contributed by atoms with E-state index in [4.69, 9.17) is 15.2 Å². The van der Waals surface area contributed by atoms with E-state index < -0.39 is 36.0 Å². The maximum absolute atomic E-state index is 13.1. The summed E-state index contributed by atoms with van der Waals surface area (Å²) in [5, 5.41) is 15.0. The summed E-state index contributed by atoms with van der Waals surface area (Å²) >= 11 is 0. The van der Waals surface area contributed by atoms with Crippen molar-refractivity contribution in [1.82, 2.24) is 15.5 Å². The molecule has 2 aromatic carbocycles. The molecule has 1 fully saturated rings. The molecule has 3 rings (SSSR count). The van der Waals surface area contributed by atoms with Crippen molar-refractivity contribution in [1.29, 1.82) is 0 Å². The smallest absolute Gasteiger partial charge is 0.415 e. The van der Waals surface area contributed by atoms with Crippen molar-refractivity contribution in [3.8, 4) is 11.5 Å². The largest absolute Gasteiger partial charge is 0.484 e. The minimum Gasteiger partial charge on any atom is -0.484 e. The number of ether oxygens (including phenoxy) is 2. The summed E-state index contributed by atoms with van der Waals surface area (Å²) < 4.78 is 11.0. The Morgan fingerprint density at radius 1 is 0.977 bits per heavy atom. The van der Waals surface area contributed by atoms with E-state index in [-0.39, 0.29) is 36.5 Å². The molecule has 2 aromatic rings. The second kappa shape index (κ2) is 15.6. The molecular weight excluding hydrogens is 556 g/mol. The molecule has 2 atom stereocenters. The van der Waals surface area contributed by atoms with Crippen LogP contribution < -0.4 is 25.8 Å². The number of piperidine rings is 1. The number of nitrogens with zero attached hydrogens (tertiary/aromatic N) is 1. The number of nitrogens with one attached hydrogen (secondary N) is 2. The minimum atomic E-state index is -1.26. The van der Waals surface area contributed by atoms with Crippen LogP contribution in [0, 0.1) is 18.8 Å². The van der Waals surface area contributed by atoms with E-state index in [1.165, 1.54) is 4.90 Å². The van der Waals surface area contributed by atoms with Crippen molar-refractivity contribution in [2.24, 2.45) is 17.6 Å². The van der Waals surface area contributed by atoms with E-state index in [1.807, 2.05) is 32.9 Å². The fraction of sp³-hybridized carbons (Fsp3) is 0.452. The Kier molecular flexibility index (Phi) is 11.9. The molecule has 4 amide bonds. The van der Waals surface area contributed by atoms with Crippen LogP contribution in [0.1, 0.15) is 44.2 Å². The normalized spacial score (nSPS) is 14.8. The number of aliphatic carboxylic acids is 1. The monoisotopic (exact) mass is 596 g/mol. The van der Waals surface area contributed by atoms with Crippen LogP contribution in [0.2, 0.25) is 0 Å². The van der Waals surface area contributed by atoms with Crippen molar-refractivity contribution in [2.45, 2.75) is 58.5 Å². The summed E-state index contributed by atoms with van der Waals surface area (Å²) in [5.41, 5.74) is 6.79. The number of para-hydroxylation sites is 1. The average molecular weight is 597 g/mol. The Labute approximate surface area is 250 Å². The zero-order valence-electron chi connectivity index (χ0n) is 24.7. The number of aryl methyl sites for hydroxylation is 1. The molecule has 1 saturated heterocycles. The highest BCUT2D eigenvalue weighted by Crippen LogP contribution is 2.20. The first-order chi connectivity index (χ1) is 20.4. The van der Waals surface area contributed by atoms with E-state index in [0.29, 0.717) is 43.7 Å². The van der Waals surface area contributed by atoms with Gasteiger partial charge in [-0.15, -0.1) is 0 Å². The van der Waals surface area contributed by atoms with Gasteiger partial charge in [-0.3, -0.25) is 14.4 Å². The Balaban J connectivity index is 1.55. The molecule has 0 aromatic heterocycles. The molecule has 1 heterocycles. The highest BCUT2D eigenvalue weighted by Gasteiger charge is 2.29. The molecule has 1 aliphatic heterocycles. The molecule has 12 nitrogen and oxygen atoms in total. The van der Waals surface area contributed by atoms with Crippen LogP contribution in [0.4, 0.5) is 4.79 Å². The van der Waals surface area contributed by atoms with E-state index in [9.17, 15) is 29.1 Å². The molecule has 0 saturated carbocycles. The fourth-order valence-electron chi connectivity index (χ4n) is 4.71. The zero-order chi connectivity index (χ0) is 31.5.